The van der Waals surface area contributed by atoms with Crippen LogP contribution in [0.15, 0.2) is 61.2 Å². The van der Waals surface area contributed by atoms with E-state index < -0.39 is 5.60 Å². The predicted octanol–water partition coefficient (Wildman–Crippen LogP) is 5.38. The molecule has 0 amide bonds. The van der Waals surface area contributed by atoms with Gasteiger partial charge in [0.25, 0.3) is 0 Å². The molecule has 2 fully saturated rings. The van der Waals surface area contributed by atoms with Crippen molar-refractivity contribution in [2.24, 2.45) is 5.92 Å². The van der Waals surface area contributed by atoms with Crippen LogP contribution in [0.2, 0.25) is 0 Å². The van der Waals surface area contributed by atoms with E-state index in [4.69, 9.17) is 4.74 Å². The molecular formula is C33H42N2O2. The van der Waals surface area contributed by atoms with Crippen LogP contribution in [-0.2, 0) is 11.8 Å². The highest BCUT2D eigenvalue weighted by atomic mass is 16.5. The van der Waals surface area contributed by atoms with E-state index in [0.29, 0.717) is 5.92 Å². The zero-order valence-corrected chi connectivity index (χ0v) is 22.7. The Morgan fingerprint density at radius 2 is 2.05 bits per heavy atom. The molecular weight excluding hydrogens is 456 g/mol. The minimum atomic E-state index is -0.768. The third kappa shape index (κ3) is 3.83. The standard InChI is InChI=1S/C33H42N2O2/c1-5-17-34-19-16-32-30-26-12-7-13-28(30)37-31(32)27(14-15-33(32,36)29(34)21-26)35(22-23(2)3)18-8-11-25-10-6-9-24(4)20-25/h5-13,20,23,27,29,31,36H,1,14-19,21-22H2,2-4H3/b11-8+/t27?,29-,31?,32+,33-/m1/s1. The quantitative estimate of drug-likeness (QED) is 0.496. The van der Waals surface area contributed by atoms with Gasteiger partial charge in [0.05, 0.1) is 11.0 Å². The lowest BCUT2D eigenvalue weighted by atomic mass is 9.48. The summed E-state index contributed by atoms with van der Waals surface area (Å²) in [5.74, 6) is 1.57. The fraction of sp³-hybridized carbons (Fsp3) is 0.515. The van der Waals surface area contributed by atoms with Gasteiger partial charge in [-0.1, -0.05) is 74.0 Å². The molecule has 2 heterocycles. The van der Waals surface area contributed by atoms with Crippen molar-refractivity contribution in [1.82, 2.24) is 9.80 Å². The van der Waals surface area contributed by atoms with Crippen LogP contribution in [0, 0.1) is 12.8 Å². The van der Waals surface area contributed by atoms with Gasteiger partial charge in [-0.15, -0.1) is 6.58 Å². The van der Waals surface area contributed by atoms with E-state index in [9.17, 15) is 5.11 Å². The zero-order chi connectivity index (χ0) is 25.8. The second-order valence-corrected chi connectivity index (χ2v) is 12.2. The summed E-state index contributed by atoms with van der Waals surface area (Å²) in [7, 11) is 0. The monoisotopic (exact) mass is 498 g/mol. The first-order valence-corrected chi connectivity index (χ1v) is 14.2. The molecule has 2 aromatic carbocycles. The smallest absolute Gasteiger partial charge is 0.127 e. The SMILES string of the molecule is C=CCN1CC[C@]23c4c5cccc4OC2C(N(C/C=C/c2cccc(C)c2)CC(C)C)CC[C@@]3(O)[C@H]1C5. The minimum absolute atomic E-state index is 0.0257. The van der Waals surface area contributed by atoms with Crippen LogP contribution in [0.5, 0.6) is 5.75 Å². The van der Waals surface area contributed by atoms with Crippen molar-refractivity contribution in [1.29, 1.82) is 0 Å². The summed E-state index contributed by atoms with van der Waals surface area (Å²) in [6.45, 7) is 14.5. The highest BCUT2D eigenvalue weighted by molar-refractivity contribution is 5.58. The van der Waals surface area contributed by atoms with Gasteiger partial charge in [-0.2, -0.15) is 0 Å². The molecule has 1 N–H and O–H groups in total. The summed E-state index contributed by atoms with van der Waals surface area (Å²) in [4.78, 5) is 5.11. The van der Waals surface area contributed by atoms with Gasteiger partial charge in [0.2, 0.25) is 0 Å². The minimum Gasteiger partial charge on any atom is -0.487 e. The number of hydrogen-bond acceptors (Lipinski definition) is 4. The van der Waals surface area contributed by atoms with E-state index in [0.717, 1.165) is 57.6 Å². The van der Waals surface area contributed by atoms with E-state index in [-0.39, 0.29) is 23.6 Å². The average Bonchev–Trinajstić information content (AvgIpc) is 3.20. The first kappa shape index (κ1) is 24.9. The van der Waals surface area contributed by atoms with Crippen LogP contribution in [0.25, 0.3) is 6.08 Å². The van der Waals surface area contributed by atoms with E-state index in [1.807, 2.05) is 6.08 Å². The number of benzene rings is 2. The third-order valence-electron chi connectivity index (χ3n) is 9.56. The fourth-order valence-electron chi connectivity index (χ4n) is 8.25. The number of aliphatic hydroxyl groups is 1. The molecule has 5 atom stereocenters. The van der Waals surface area contributed by atoms with E-state index in [2.05, 4.69) is 91.8 Å². The van der Waals surface area contributed by atoms with Crippen LogP contribution in [-0.4, -0.2) is 64.9 Å². The lowest BCUT2D eigenvalue weighted by Gasteiger charge is -2.65. The molecule has 2 aromatic rings. The first-order chi connectivity index (χ1) is 17.9. The Hall–Kier alpha value is -2.40. The highest BCUT2D eigenvalue weighted by Gasteiger charge is 2.72. The average molecular weight is 499 g/mol. The molecule has 196 valence electrons. The molecule has 6 rings (SSSR count). The second kappa shape index (κ2) is 9.41. The molecule has 2 bridgehead atoms. The van der Waals surface area contributed by atoms with Gasteiger partial charge >= 0.3 is 0 Å². The third-order valence-corrected chi connectivity index (χ3v) is 9.56. The van der Waals surface area contributed by atoms with Crippen LogP contribution >= 0.6 is 0 Å². The summed E-state index contributed by atoms with van der Waals surface area (Å²) < 4.78 is 6.93. The van der Waals surface area contributed by atoms with E-state index >= 15 is 0 Å². The van der Waals surface area contributed by atoms with Crippen LogP contribution in [0.4, 0.5) is 0 Å². The molecule has 0 radical (unpaired) electrons. The molecule has 1 saturated carbocycles. The number of piperidine rings is 1. The van der Waals surface area contributed by atoms with Gasteiger partial charge in [-0.3, -0.25) is 9.80 Å². The summed E-state index contributed by atoms with van der Waals surface area (Å²) in [6, 6.07) is 15.6. The number of likely N-dealkylation sites (tertiary alicyclic amines) is 1. The van der Waals surface area contributed by atoms with Crippen molar-refractivity contribution in [3.05, 3.63) is 83.4 Å². The Balaban J connectivity index is 1.36. The van der Waals surface area contributed by atoms with E-state index in [1.165, 1.54) is 22.3 Å². The highest BCUT2D eigenvalue weighted by Crippen LogP contribution is 2.64. The van der Waals surface area contributed by atoms with Crippen molar-refractivity contribution in [2.75, 3.05) is 26.2 Å². The Kier molecular flexibility index (Phi) is 6.34. The van der Waals surface area contributed by atoms with E-state index in [1.54, 1.807) is 0 Å². The van der Waals surface area contributed by atoms with Crippen molar-refractivity contribution >= 4 is 6.08 Å². The van der Waals surface area contributed by atoms with Gasteiger partial charge < -0.3 is 9.84 Å². The normalized spacial score (nSPS) is 32.1. The van der Waals surface area contributed by atoms with Crippen molar-refractivity contribution in [3.63, 3.8) is 0 Å². The largest absolute Gasteiger partial charge is 0.487 e. The number of rotatable bonds is 8. The van der Waals surface area contributed by atoms with Crippen molar-refractivity contribution < 1.29 is 9.84 Å². The summed E-state index contributed by atoms with van der Waals surface area (Å²) >= 11 is 0. The first-order valence-electron chi connectivity index (χ1n) is 14.2. The summed E-state index contributed by atoms with van der Waals surface area (Å²) in [5.41, 5.74) is 4.13. The lowest BCUT2D eigenvalue weighted by Crippen LogP contribution is -2.78. The van der Waals surface area contributed by atoms with Crippen LogP contribution < -0.4 is 4.74 Å². The number of hydrogen-bond donors (Lipinski definition) is 1. The second-order valence-electron chi connectivity index (χ2n) is 12.2. The summed E-state index contributed by atoms with van der Waals surface area (Å²) in [6.07, 6.45) is 10.1. The Labute approximate surface area is 222 Å². The van der Waals surface area contributed by atoms with Crippen molar-refractivity contribution in [3.8, 4) is 5.75 Å². The summed E-state index contributed by atoms with van der Waals surface area (Å²) in [5, 5.41) is 12.7. The molecule has 4 aliphatic rings. The zero-order valence-electron chi connectivity index (χ0n) is 22.7. The van der Waals surface area contributed by atoms with Crippen LogP contribution in [0.3, 0.4) is 0 Å². The molecule has 2 aliphatic heterocycles. The van der Waals surface area contributed by atoms with Gasteiger partial charge in [0.15, 0.2) is 0 Å². The number of ether oxygens (including phenoxy) is 1. The molecule has 1 saturated heterocycles. The van der Waals surface area contributed by atoms with Gasteiger partial charge in [-0.05, 0) is 62.3 Å². The lowest BCUT2D eigenvalue weighted by molar-refractivity contribution is -0.198. The predicted molar refractivity (Wildman–Crippen MR) is 151 cm³/mol. The Morgan fingerprint density at radius 3 is 2.84 bits per heavy atom. The van der Waals surface area contributed by atoms with Crippen LogP contribution in [0.1, 0.15) is 55.4 Å². The van der Waals surface area contributed by atoms with Gasteiger partial charge in [-0.25, -0.2) is 0 Å². The maximum absolute atomic E-state index is 12.7. The molecule has 4 heteroatoms. The van der Waals surface area contributed by atoms with Gasteiger partial charge in [0.1, 0.15) is 11.9 Å². The Bertz CT molecular complexity index is 1200. The van der Waals surface area contributed by atoms with Crippen molar-refractivity contribution in [2.45, 2.75) is 75.7 Å². The molecule has 1 spiro atoms. The number of aryl methyl sites for hydroxylation is 1. The molecule has 0 aromatic heterocycles. The maximum atomic E-state index is 12.7. The maximum Gasteiger partial charge on any atom is 0.127 e. The molecule has 37 heavy (non-hydrogen) atoms. The van der Waals surface area contributed by atoms with Gasteiger partial charge in [0, 0.05) is 37.3 Å². The molecule has 4 nitrogen and oxygen atoms in total. The Morgan fingerprint density at radius 1 is 1.22 bits per heavy atom. The number of nitrogens with zero attached hydrogens (tertiary/aromatic N) is 2. The molecule has 2 aliphatic carbocycles. The fourth-order valence-corrected chi connectivity index (χ4v) is 8.25. The molecule has 2 unspecified atom stereocenters. The topological polar surface area (TPSA) is 35.9 Å².